The summed E-state index contributed by atoms with van der Waals surface area (Å²) in [5.41, 5.74) is 0. The summed E-state index contributed by atoms with van der Waals surface area (Å²) in [4.78, 5) is 2.37. The number of hydrogen-bond acceptors (Lipinski definition) is 1. The third-order valence-electron chi connectivity index (χ3n) is 4.10. The molecule has 0 aromatic carbocycles. The Bertz CT molecular complexity index is 219. The van der Waals surface area contributed by atoms with Crippen LogP contribution in [0.25, 0.3) is 0 Å². The van der Waals surface area contributed by atoms with Crippen molar-refractivity contribution < 1.29 is 0 Å². The Morgan fingerprint density at radius 2 is 1.67 bits per heavy atom. The predicted molar refractivity (Wildman–Crippen MR) is 64.3 cm³/mol. The molecular weight excluding hydrogens is 184 g/mol. The van der Waals surface area contributed by atoms with E-state index in [0.29, 0.717) is 12.0 Å². The number of nitrogens with one attached hydrogen (secondary N) is 1. The van der Waals surface area contributed by atoms with E-state index in [1.807, 2.05) is 0 Å². The maximum atomic E-state index is 8.33. The van der Waals surface area contributed by atoms with Gasteiger partial charge in [-0.25, -0.2) is 0 Å². The molecule has 2 heteroatoms. The average Bonchev–Trinajstić information content (AvgIpc) is 2.30. The summed E-state index contributed by atoms with van der Waals surface area (Å²) in [7, 11) is 0. The molecule has 2 nitrogen and oxygen atoms in total. The van der Waals surface area contributed by atoms with Crippen LogP contribution in [0, 0.1) is 11.3 Å². The molecule has 1 N–H and O–H groups in total. The molecule has 1 atom stereocenters. The zero-order chi connectivity index (χ0) is 10.7. The molecule has 1 aliphatic heterocycles. The topological polar surface area (TPSA) is 27.1 Å². The fourth-order valence-electron chi connectivity index (χ4n) is 3.07. The molecule has 86 valence electrons. The summed E-state index contributed by atoms with van der Waals surface area (Å²) < 4.78 is 0. The summed E-state index contributed by atoms with van der Waals surface area (Å²) >= 11 is 0. The van der Waals surface area contributed by atoms with Crippen LogP contribution in [0.2, 0.25) is 0 Å². The minimum atomic E-state index is 0.583. The number of hydrogen-bond donors (Lipinski definition) is 1. The lowest BCUT2D eigenvalue weighted by atomic mass is 9.87. The van der Waals surface area contributed by atoms with E-state index in [2.05, 4.69) is 11.8 Å². The molecular formula is C13H24N2. The Balaban J connectivity index is 1.92. The van der Waals surface area contributed by atoms with Crippen LogP contribution in [-0.2, 0) is 0 Å². The van der Waals surface area contributed by atoms with Crippen LogP contribution in [0.4, 0.5) is 0 Å². The molecule has 1 heterocycles. The molecule has 2 rings (SSSR count). The van der Waals surface area contributed by atoms with Gasteiger partial charge in [-0.1, -0.05) is 19.3 Å². The van der Waals surface area contributed by atoms with Crippen molar-refractivity contribution in [1.29, 1.82) is 5.41 Å². The molecule has 1 unspecified atom stereocenters. The van der Waals surface area contributed by atoms with Crippen molar-refractivity contribution in [3.8, 4) is 0 Å². The smallest absolute Gasteiger partial charge is 0.0991 e. The monoisotopic (exact) mass is 208 g/mol. The van der Waals surface area contributed by atoms with Crippen molar-refractivity contribution in [2.75, 3.05) is 6.54 Å². The molecule has 0 aromatic heterocycles. The fourth-order valence-corrected chi connectivity index (χ4v) is 3.07. The zero-order valence-electron chi connectivity index (χ0n) is 9.97. The molecule has 0 bridgehead atoms. The van der Waals surface area contributed by atoms with Gasteiger partial charge in [0.05, 0.1) is 5.84 Å². The lowest BCUT2D eigenvalue weighted by Crippen LogP contribution is -2.45. The van der Waals surface area contributed by atoms with Crippen LogP contribution in [0.15, 0.2) is 0 Å². The van der Waals surface area contributed by atoms with E-state index >= 15 is 0 Å². The van der Waals surface area contributed by atoms with E-state index in [0.717, 1.165) is 12.4 Å². The summed E-state index contributed by atoms with van der Waals surface area (Å²) in [6, 6.07) is 0.619. The second-order valence-electron chi connectivity index (χ2n) is 5.26. The highest BCUT2D eigenvalue weighted by Gasteiger charge is 2.26. The Kier molecular flexibility index (Phi) is 3.66. The molecule has 2 fully saturated rings. The number of rotatable bonds is 1. The Morgan fingerprint density at radius 1 is 1.00 bits per heavy atom. The fraction of sp³-hybridized carbons (Fsp3) is 0.923. The van der Waals surface area contributed by atoms with E-state index in [-0.39, 0.29) is 0 Å². The maximum Gasteiger partial charge on any atom is 0.0991 e. The van der Waals surface area contributed by atoms with Gasteiger partial charge in [-0.2, -0.15) is 0 Å². The van der Waals surface area contributed by atoms with E-state index in [1.165, 1.54) is 51.4 Å². The lowest BCUT2D eigenvalue weighted by molar-refractivity contribution is 0.237. The second kappa shape index (κ2) is 5.00. The first-order valence-electron chi connectivity index (χ1n) is 6.64. The molecule has 0 amide bonds. The minimum absolute atomic E-state index is 0.583. The van der Waals surface area contributed by atoms with Crippen LogP contribution in [-0.4, -0.2) is 23.3 Å². The SMILES string of the molecule is CC1CCCCN1C(=N)C1CCCCC1. The first-order valence-corrected chi connectivity index (χ1v) is 6.64. The molecule has 2 aliphatic rings. The van der Waals surface area contributed by atoms with E-state index in [9.17, 15) is 0 Å². The first-order chi connectivity index (χ1) is 7.29. The Hall–Kier alpha value is -0.530. The van der Waals surface area contributed by atoms with Crippen LogP contribution in [0.5, 0.6) is 0 Å². The Labute approximate surface area is 93.6 Å². The summed E-state index contributed by atoms with van der Waals surface area (Å²) in [6.45, 7) is 3.42. The molecule has 15 heavy (non-hydrogen) atoms. The van der Waals surface area contributed by atoms with Crippen LogP contribution in [0.3, 0.4) is 0 Å². The zero-order valence-corrected chi connectivity index (χ0v) is 9.97. The molecule has 0 spiro atoms. The molecule has 1 aliphatic carbocycles. The van der Waals surface area contributed by atoms with E-state index < -0.39 is 0 Å². The summed E-state index contributed by atoms with van der Waals surface area (Å²) in [5, 5.41) is 8.33. The van der Waals surface area contributed by atoms with Gasteiger partial charge in [-0.3, -0.25) is 5.41 Å². The van der Waals surface area contributed by atoms with Crippen molar-refractivity contribution in [1.82, 2.24) is 4.90 Å². The number of likely N-dealkylation sites (tertiary alicyclic amines) is 1. The van der Waals surface area contributed by atoms with Crippen molar-refractivity contribution in [3.05, 3.63) is 0 Å². The summed E-state index contributed by atoms with van der Waals surface area (Å²) in [5.74, 6) is 1.54. The molecule has 1 saturated heterocycles. The van der Waals surface area contributed by atoms with Gasteiger partial charge in [0, 0.05) is 18.5 Å². The van der Waals surface area contributed by atoms with Crippen molar-refractivity contribution in [3.63, 3.8) is 0 Å². The predicted octanol–water partition coefficient (Wildman–Crippen LogP) is 3.42. The number of nitrogens with zero attached hydrogens (tertiary/aromatic N) is 1. The van der Waals surface area contributed by atoms with Gasteiger partial charge in [-0.15, -0.1) is 0 Å². The molecule has 0 radical (unpaired) electrons. The normalized spacial score (nSPS) is 29.1. The lowest BCUT2D eigenvalue weighted by Gasteiger charge is -2.39. The highest BCUT2D eigenvalue weighted by molar-refractivity contribution is 5.82. The quantitative estimate of drug-likeness (QED) is 0.519. The Morgan fingerprint density at radius 3 is 2.33 bits per heavy atom. The van der Waals surface area contributed by atoms with Crippen molar-refractivity contribution in [2.24, 2.45) is 5.92 Å². The van der Waals surface area contributed by atoms with Gasteiger partial charge in [0.15, 0.2) is 0 Å². The highest BCUT2D eigenvalue weighted by atomic mass is 15.2. The second-order valence-corrected chi connectivity index (χ2v) is 5.26. The summed E-state index contributed by atoms with van der Waals surface area (Å²) in [6.07, 6.45) is 10.5. The van der Waals surface area contributed by atoms with E-state index in [1.54, 1.807) is 0 Å². The van der Waals surface area contributed by atoms with Gasteiger partial charge in [0.25, 0.3) is 0 Å². The van der Waals surface area contributed by atoms with Crippen LogP contribution in [0.1, 0.15) is 58.3 Å². The van der Waals surface area contributed by atoms with Gasteiger partial charge < -0.3 is 4.90 Å². The molecule has 0 aromatic rings. The average molecular weight is 208 g/mol. The number of piperidine rings is 1. The van der Waals surface area contributed by atoms with Gasteiger partial charge in [-0.05, 0) is 39.0 Å². The van der Waals surface area contributed by atoms with Crippen LogP contribution < -0.4 is 0 Å². The van der Waals surface area contributed by atoms with Crippen LogP contribution >= 0.6 is 0 Å². The third-order valence-corrected chi connectivity index (χ3v) is 4.10. The first kappa shape index (κ1) is 11.0. The number of amidine groups is 1. The van der Waals surface area contributed by atoms with Gasteiger partial charge >= 0.3 is 0 Å². The highest BCUT2D eigenvalue weighted by Crippen LogP contribution is 2.28. The third kappa shape index (κ3) is 2.53. The largest absolute Gasteiger partial charge is 0.358 e. The van der Waals surface area contributed by atoms with Crippen molar-refractivity contribution >= 4 is 5.84 Å². The minimum Gasteiger partial charge on any atom is -0.358 e. The van der Waals surface area contributed by atoms with Crippen molar-refractivity contribution in [2.45, 2.75) is 64.3 Å². The van der Waals surface area contributed by atoms with E-state index in [4.69, 9.17) is 5.41 Å². The van der Waals surface area contributed by atoms with Gasteiger partial charge in [0.1, 0.15) is 0 Å². The molecule has 1 saturated carbocycles. The standard InChI is InChI=1S/C13H24N2/c1-11-7-5-6-10-15(11)13(14)12-8-3-2-4-9-12/h11-12,14H,2-10H2,1H3. The maximum absolute atomic E-state index is 8.33. The van der Waals surface area contributed by atoms with Gasteiger partial charge in [0.2, 0.25) is 0 Å².